The molecule has 0 aromatic carbocycles. The first kappa shape index (κ1) is 57.9. The molecule has 0 bridgehead atoms. The van der Waals surface area contributed by atoms with Crippen LogP contribution in [0.2, 0.25) is 0 Å². The van der Waals surface area contributed by atoms with Gasteiger partial charge in [-0.3, -0.25) is 14.4 Å². The van der Waals surface area contributed by atoms with Crippen LogP contribution in [0.15, 0.2) is 72.9 Å². The summed E-state index contributed by atoms with van der Waals surface area (Å²) >= 11 is 0. The highest BCUT2D eigenvalue weighted by Gasteiger charge is 2.19. The van der Waals surface area contributed by atoms with Gasteiger partial charge in [0.25, 0.3) is 0 Å². The van der Waals surface area contributed by atoms with Gasteiger partial charge in [-0.2, -0.15) is 0 Å². The van der Waals surface area contributed by atoms with Crippen molar-refractivity contribution in [2.24, 2.45) is 0 Å². The van der Waals surface area contributed by atoms with Crippen molar-refractivity contribution in [3.05, 3.63) is 72.9 Å². The Balaban J connectivity index is 4.29. The Morgan fingerprint density at radius 2 is 0.639 bits per heavy atom. The molecule has 61 heavy (non-hydrogen) atoms. The van der Waals surface area contributed by atoms with Crippen LogP contribution in [0.4, 0.5) is 0 Å². The number of carbonyl (C=O) groups excluding carboxylic acids is 3. The summed E-state index contributed by atoms with van der Waals surface area (Å²) in [5, 5.41) is 0. The molecule has 0 spiro atoms. The Bertz CT molecular complexity index is 1160. The summed E-state index contributed by atoms with van der Waals surface area (Å²) in [6.07, 6.45) is 61.9. The number of esters is 3. The second kappa shape index (κ2) is 49.5. The molecule has 0 aliphatic carbocycles. The van der Waals surface area contributed by atoms with E-state index in [2.05, 4.69) is 93.7 Å². The normalized spacial score (nSPS) is 12.6. The zero-order valence-corrected chi connectivity index (χ0v) is 39.9. The Hall–Kier alpha value is -3.15. The number of carbonyl (C=O) groups is 3. The lowest BCUT2D eigenvalue weighted by Crippen LogP contribution is -2.30. The minimum Gasteiger partial charge on any atom is -0.462 e. The first-order valence-electron chi connectivity index (χ1n) is 25.4. The van der Waals surface area contributed by atoms with Crippen LogP contribution in [0, 0.1) is 0 Å². The average Bonchev–Trinajstić information content (AvgIpc) is 3.26. The van der Waals surface area contributed by atoms with E-state index in [-0.39, 0.29) is 31.1 Å². The second-order valence-electron chi connectivity index (χ2n) is 16.7. The molecule has 0 aromatic heterocycles. The molecule has 350 valence electrons. The third-order valence-electron chi connectivity index (χ3n) is 10.7. The average molecular weight is 851 g/mol. The Morgan fingerprint density at radius 1 is 0.344 bits per heavy atom. The number of rotatable bonds is 45. The molecule has 0 radical (unpaired) electrons. The van der Waals surface area contributed by atoms with E-state index in [0.29, 0.717) is 19.3 Å². The van der Waals surface area contributed by atoms with Gasteiger partial charge >= 0.3 is 17.9 Å². The van der Waals surface area contributed by atoms with Crippen molar-refractivity contribution in [3.63, 3.8) is 0 Å². The lowest BCUT2D eigenvalue weighted by molar-refractivity contribution is -0.167. The molecule has 0 aliphatic heterocycles. The largest absolute Gasteiger partial charge is 0.462 e. The van der Waals surface area contributed by atoms with Gasteiger partial charge in [-0.1, -0.05) is 203 Å². The number of allylic oxidation sites excluding steroid dienone is 12. The number of hydrogen-bond donors (Lipinski definition) is 0. The molecule has 6 heteroatoms. The van der Waals surface area contributed by atoms with Crippen LogP contribution >= 0.6 is 0 Å². The van der Waals surface area contributed by atoms with Crippen molar-refractivity contribution in [3.8, 4) is 0 Å². The summed E-state index contributed by atoms with van der Waals surface area (Å²) in [6.45, 7) is 6.43. The van der Waals surface area contributed by atoms with Crippen LogP contribution in [-0.2, 0) is 28.6 Å². The predicted molar refractivity (Wildman–Crippen MR) is 261 cm³/mol. The maximum Gasteiger partial charge on any atom is 0.306 e. The van der Waals surface area contributed by atoms with E-state index < -0.39 is 6.10 Å². The molecule has 0 rings (SSSR count). The molecule has 0 N–H and O–H groups in total. The Morgan fingerprint density at radius 3 is 1.03 bits per heavy atom. The summed E-state index contributed by atoms with van der Waals surface area (Å²) in [7, 11) is 0. The van der Waals surface area contributed by atoms with Crippen molar-refractivity contribution in [1.29, 1.82) is 0 Å². The third kappa shape index (κ3) is 47.7. The van der Waals surface area contributed by atoms with Gasteiger partial charge in [0.2, 0.25) is 0 Å². The molecule has 0 saturated heterocycles. The highest BCUT2D eigenvalue weighted by atomic mass is 16.6. The quantitative estimate of drug-likeness (QED) is 0.0263. The summed E-state index contributed by atoms with van der Waals surface area (Å²) in [5.41, 5.74) is 0. The smallest absolute Gasteiger partial charge is 0.306 e. The summed E-state index contributed by atoms with van der Waals surface area (Å²) in [4.78, 5) is 37.7. The third-order valence-corrected chi connectivity index (χ3v) is 10.7. The number of ether oxygens (including phenoxy) is 3. The van der Waals surface area contributed by atoms with Gasteiger partial charge in [-0.15, -0.1) is 0 Å². The van der Waals surface area contributed by atoms with Crippen LogP contribution in [0.5, 0.6) is 0 Å². The van der Waals surface area contributed by atoms with Gasteiger partial charge in [0.15, 0.2) is 6.10 Å². The van der Waals surface area contributed by atoms with Gasteiger partial charge in [0.05, 0.1) is 0 Å². The monoisotopic (exact) mass is 851 g/mol. The number of unbranched alkanes of at least 4 members (excludes halogenated alkanes) is 22. The van der Waals surface area contributed by atoms with Gasteiger partial charge in [0, 0.05) is 19.3 Å². The molecule has 0 aliphatic rings. The lowest BCUT2D eigenvalue weighted by Gasteiger charge is -2.18. The van der Waals surface area contributed by atoms with E-state index in [9.17, 15) is 14.4 Å². The fraction of sp³-hybridized carbons (Fsp3) is 0.727. The first-order valence-corrected chi connectivity index (χ1v) is 25.4. The molecule has 1 unspecified atom stereocenters. The van der Waals surface area contributed by atoms with Gasteiger partial charge in [-0.05, 0) is 89.9 Å². The number of hydrogen-bond acceptors (Lipinski definition) is 6. The van der Waals surface area contributed by atoms with Crippen LogP contribution < -0.4 is 0 Å². The van der Waals surface area contributed by atoms with E-state index in [4.69, 9.17) is 14.2 Å². The Labute approximate surface area is 376 Å². The van der Waals surface area contributed by atoms with E-state index in [0.717, 1.165) is 96.3 Å². The van der Waals surface area contributed by atoms with Crippen LogP contribution in [0.1, 0.15) is 239 Å². The van der Waals surface area contributed by atoms with Gasteiger partial charge in [-0.25, -0.2) is 0 Å². The molecule has 0 aromatic rings. The molecule has 0 heterocycles. The Kier molecular flexibility index (Phi) is 46.9. The predicted octanol–water partition coefficient (Wildman–Crippen LogP) is 16.6. The molecule has 0 amide bonds. The highest BCUT2D eigenvalue weighted by molar-refractivity contribution is 5.71. The lowest BCUT2D eigenvalue weighted by atomic mass is 10.1. The first-order chi connectivity index (χ1) is 30.0. The van der Waals surface area contributed by atoms with Crippen molar-refractivity contribution < 1.29 is 28.6 Å². The molecule has 1 atom stereocenters. The minimum absolute atomic E-state index is 0.0880. The van der Waals surface area contributed by atoms with Crippen molar-refractivity contribution in [2.45, 2.75) is 245 Å². The van der Waals surface area contributed by atoms with E-state index in [1.165, 1.54) is 103 Å². The minimum atomic E-state index is -0.787. The van der Waals surface area contributed by atoms with E-state index >= 15 is 0 Å². The van der Waals surface area contributed by atoms with Gasteiger partial charge < -0.3 is 14.2 Å². The maximum atomic E-state index is 12.7. The van der Waals surface area contributed by atoms with Crippen molar-refractivity contribution in [2.75, 3.05) is 13.2 Å². The molecular weight excluding hydrogens is 757 g/mol. The topological polar surface area (TPSA) is 78.9 Å². The van der Waals surface area contributed by atoms with Crippen molar-refractivity contribution >= 4 is 17.9 Å². The van der Waals surface area contributed by atoms with Crippen LogP contribution in [0.3, 0.4) is 0 Å². The van der Waals surface area contributed by atoms with Crippen LogP contribution in [-0.4, -0.2) is 37.2 Å². The highest BCUT2D eigenvalue weighted by Crippen LogP contribution is 2.14. The van der Waals surface area contributed by atoms with E-state index in [1.807, 2.05) is 0 Å². The van der Waals surface area contributed by atoms with Gasteiger partial charge in [0.1, 0.15) is 13.2 Å². The summed E-state index contributed by atoms with van der Waals surface area (Å²) < 4.78 is 16.7. The molecule has 6 nitrogen and oxygen atoms in total. The summed E-state index contributed by atoms with van der Waals surface area (Å²) in [6, 6.07) is 0. The molecule has 0 fully saturated rings. The maximum absolute atomic E-state index is 12.7. The SMILES string of the molecule is CC/C=C\C/C=C\C/C=C\C/C=C\C/C=C\CCCCCC(=O)OCC(COC(=O)CCCCCCCC)OC(=O)CCCCCCCCC/C=C\CCCCCCCCC. The van der Waals surface area contributed by atoms with Crippen LogP contribution in [0.25, 0.3) is 0 Å². The fourth-order valence-electron chi connectivity index (χ4n) is 6.87. The van der Waals surface area contributed by atoms with E-state index in [1.54, 1.807) is 0 Å². The second-order valence-corrected chi connectivity index (χ2v) is 16.7. The molecular formula is C55H94O6. The fourth-order valence-corrected chi connectivity index (χ4v) is 6.87. The zero-order chi connectivity index (χ0) is 44.4. The summed E-state index contributed by atoms with van der Waals surface area (Å²) in [5.74, 6) is -0.935. The zero-order valence-electron chi connectivity index (χ0n) is 39.9. The molecule has 0 saturated carbocycles. The standard InChI is InChI=1S/C55H94O6/c1-4-7-10-13-16-18-20-22-24-26-28-30-31-33-35-37-39-42-45-48-54(57)60-51-52(50-59-53(56)47-44-41-15-12-9-6-3)61-55(58)49-46-43-40-38-36-34-32-29-27-25-23-21-19-17-14-11-8-5-2/h7,10,16,18,22,24-25,27-28,30,33,35,52H,4-6,8-9,11-15,17,19-21,23,26,29,31-32,34,36-51H2,1-3H3/b10-7-,18-16-,24-22-,27-25-,30-28-,35-33-. The van der Waals surface area contributed by atoms with Crippen molar-refractivity contribution in [1.82, 2.24) is 0 Å².